The summed E-state index contributed by atoms with van der Waals surface area (Å²) in [5, 5.41) is -0.309. The van der Waals surface area contributed by atoms with E-state index in [2.05, 4.69) is 19.6 Å². The summed E-state index contributed by atoms with van der Waals surface area (Å²) in [6, 6.07) is 0. The Bertz CT molecular complexity index is 295. The first-order valence-electron chi connectivity index (χ1n) is 9.90. The van der Waals surface area contributed by atoms with Gasteiger partial charge in [-0.05, 0) is 6.42 Å². The van der Waals surface area contributed by atoms with Crippen LogP contribution in [0.3, 0.4) is 0 Å². The second kappa shape index (κ2) is 21.7. The zero-order valence-corrected chi connectivity index (χ0v) is 16.2. The van der Waals surface area contributed by atoms with E-state index in [9.17, 15) is 9.59 Å². The van der Waals surface area contributed by atoms with Gasteiger partial charge in [0, 0.05) is 6.42 Å². The van der Waals surface area contributed by atoms with Crippen LogP contribution in [0, 0.1) is 0 Å². The van der Waals surface area contributed by atoms with E-state index in [0.29, 0.717) is 6.42 Å². The monoisotopic (exact) mass is 366 g/mol. The van der Waals surface area contributed by atoms with Crippen molar-refractivity contribution in [2.45, 2.75) is 116 Å². The van der Waals surface area contributed by atoms with Crippen molar-refractivity contribution in [3.8, 4) is 0 Å². The number of hydrogen-bond donors (Lipinski definition) is 1. The average molecular weight is 367 g/mol. The fourth-order valence-corrected chi connectivity index (χ4v) is 3.13. The van der Waals surface area contributed by atoms with Crippen molar-refractivity contribution in [3.05, 3.63) is 0 Å². The second-order valence-electron chi connectivity index (χ2n) is 6.81. The zero-order valence-electron chi connectivity index (χ0n) is 15.3. The van der Waals surface area contributed by atoms with Crippen LogP contribution in [0.15, 0.2) is 0 Å². The van der Waals surface area contributed by atoms with Crippen LogP contribution >= 0.6 is 12.6 Å². The van der Waals surface area contributed by atoms with Gasteiger partial charge in [-0.2, -0.15) is 0 Å². The Morgan fingerprint density at radius 1 is 0.625 bits per heavy atom. The molecule has 0 aromatic carbocycles. The van der Waals surface area contributed by atoms with Crippen molar-refractivity contribution in [3.63, 3.8) is 0 Å². The third kappa shape index (κ3) is 22.7. The van der Waals surface area contributed by atoms with Crippen molar-refractivity contribution in [2.75, 3.05) is 0 Å². The molecular formula is C20H39NaO2S. The number of thiol groups is 1. The SMILES string of the molecule is CCCCCCCCCCCCCCCCCC(=O)CC(=O)S.[NaH]. The summed E-state index contributed by atoms with van der Waals surface area (Å²) in [7, 11) is 0. The molecule has 0 spiro atoms. The molecule has 0 N–H and O–H groups in total. The predicted octanol–water partition coefficient (Wildman–Crippen LogP) is 6.02. The molecule has 24 heavy (non-hydrogen) atoms. The molecule has 0 heterocycles. The van der Waals surface area contributed by atoms with E-state index in [1.807, 2.05) is 0 Å². The Hall–Kier alpha value is 0.690. The molecule has 4 heteroatoms. The molecule has 0 aliphatic carbocycles. The fraction of sp³-hybridized carbons (Fsp3) is 0.900. The molecule has 0 amide bonds. The maximum atomic E-state index is 11.3. The molecule has 0 saturated heterocycles. The van der Waals surface area contributed by atoms with Gasteiger partial charge in [0.05, 0.1) is 6.42 Å². The van der Waals surface area contributed by atoms with Crippen molar-refractivity contribution >= 4 is 53.1 Å². The molecule has 0 rings (SSSR count). The van der Waals surface area contributed by atoms with Crippen LogP contribution in [-0.2, 0) is 9.59 Å². The van der Waals surface area contributed by atoms with Crippen LogP contribution in [0.1, 0.15) is 116 Å². The molecule has 0 aromatic rings. The van der Waals surface area contributed by atoms with Crippen molar-refractivity contribution < 1.29 is 9.59 Å². The minimum absolute atomic E-state index is 0. The van der Waals surface area contributed by atoms with Gasteiger partial charge in [0.2, 0.25) is 0 Å². The molecule has 0 aliphatic rings. The van der Waals surface area contributed by atoms with Gasteiger partial charge >= 0.3 is 29.6 Å². The maximum absolute atomic E-state index is 11.3. The number of ketones is 1. The van der Waals surface area contributed by atoms with Crippen molar-refractivity contribution in [1.29, 1.82) is 0 Å². The Labute approximate surface area is 178 Å². The summed E-state index contributed by atoms with van der Waals surface area (Å²) in [5.41, 5.74) is 0. The first kappa shape index (κ1) is 26.9. The normalized spacial score (nSPS) is 10.4. The molecule has 0 aliphatic heterocycles. The third-order valence-electron chi connectivity index (χ3n) is 4.41. The van der Waals surface area contributed by atoms with Gasteiger partial charge in [-0.3, -0.25) is 9.59 Å². The van der Waals surface area contributed by atoms with E-state index >= 15 is 0 Å². The topological polar surface area (TPSA) is 34.1 Å². The van der Waals surface area contributed by atoms with Crippen LogP contribution in [0.5, 0.6) is 0 Å². The molecule has 0 atom stereocenters. The van der Waals surface area contributed by atoms with Crippen LogP contribution in [0.4, 0.5) is 0 Å². The predicted molar refractivity (Wildman–Crippen MR) is 110 cm³/mol. The number of carbonyl (C=O) groups excluding carboxylic acids is 2. The summed E-state index contributed by atoms with van der Waals surface area (Å²) >= 11 is 3.63. The van der Waals surface area contributed by atoms with Gasteiger partial charge < -0.3 is 0 Å². The standard InChI is InChI=1S/C20H38O2S.Na.H/c1-2-3-4-5-6-7-8-9-10-11-12-13-14-15-16-17-19(21)18-20(22)23;;/h2-18H2,1H3,(H,22,23);;. The molecule has 2 nitrogen and oxygen atoms in total. The van der Waals surface area contributed by atoms with Crippen LogP contribution in [0.2, 0.25) is 0 Å². The average Bonchev–Trinajstić information content (AvgIpc) is 2.50. The van der Waals surface area contributed by atoms with Crippen LogP contribution < -0.4 is 0 Å². The number of hydrogen-bond acceptors (Lipinski definition) is 2. The molecule has 0 bridgehead atoms. The molecular weight excluding hydrogens is 327 g/mol. The van der Waals surface area contributed by atoms with Gasteiger partial charge in [0.1, 0.15) is 5.78 Å². The Balaban J connectivity index is 0. The zero-order chi connectivity index (χ0) is 17.2. The van der Waals surface area contributed by atoms with Gasteiger partial charge in [-0.15, -0.1) is 12.6 Å². The van der Waals surface area contributed by atoms with Gasteiger partial charge in [-0.1, -0.05) is 96.8 Å². The Morgan fingerprint density at radius 2 is 0.958 bits per heavy atom. The van der Waals surface area contributed by atoms with Crippen molar-refractivity contribution in [2.24, 2.45) is 0 Å². The second-order valence-corrected chi connectivity index (χ2v) is 7.31. The van der Waals surface area contributed by atoms with E-state index in [-0.39, 0.29) is 46.9 Å². The van der Waals surface area contributed by atoms with Crippen LogP contribution in [-0.4, -0.2) is 40.5 Å². The summed E-state index contributed by atoms with van der Waals surface area (Å²) in [6.07, 6.45) is 20.4. The first-order valence-corrected chi connectivity index (χ1v) is 10.3. The number of carbonyl (C=O) groups is 2. The Kier molecular flexibility index (Phi) is 24.4. The molecule has 0 unspecified atom stereocenters. The number of Topliss-reactive ketones (excluding diaryl/α,β-unsaturated/α-hetero) is 1. The molecule has 138 valence electrons. The molecule has 0 radical (unpaired) electrons. The van der Waals surface area contributed by atoms with Crippen molar-refractivity contribution in [1.82, 2.24) is 0 Å². The van der Waals surface area contributed by atoms with Gasteiger partial charge in [-0.25, -0.2) is 0 Å². The number of rotatable bonds is 18. The summed E-state index contributed by atoms with van der Waals surface area (Å²) in [5.74, 6) is 0.0414. The van der Waals surface area contributed by atoms with Gasteiger partial charge in [0.25, 0.3) is 0 Å². The summed E-state index contributed by atoms with van der Waals surface area (Å²) < 4.78 is 0. The molecule has 0 fully saturated rings. The van der Waals surface area contributed by atoms with E-state index in [4.69, 9.17) is 0 Å². The molecule has 0 aromatic heterocycles. The van der Waals surface area contributed by atoms with E-state index in [0.717, 1.165) is 12.8 Å². The summed E-state index contributed by atoms with van der Waals surface area (Å²) in [6.45, 7) is 2.27. The minimum atomic E-state index is -0.309. The van der Waals surface area contributed by atoms with E-state index in [1.165, 1.54) is 83.5 Å². The third-order valence-corrected chi connectivity index (χ3v) is 4.57. The molecule has 0 saturated carbocycles. The van der Waals surface area contributed by atoms with Crippen LogP contribution in [0.25, 0.3) is 0 Å². The first-order chi connectivity index (χ1) is 11.2. The number of unbranched alkanes of at least 4 members (excludes halogenated alkanes) is 14. The fourth-order valence-electron chi connectivity index (χ4n) is 2.95. The van der Waals surface area contributed by atoms with Gasteiger partial charge in [0.15, 0.2) is 5.12 Å². The Morgan fingerprint density at radius 3 is 1.29 bits per heavy atom. The summed E-state index contributed by atoms with van der Waals surface area (Å²) in [4.78, 5) is 22.0. The quantitative estimate of drug-likeness (QED) is 0.139. The van der Waals surface area contributed by atoms with E-state index in [1.54, 1.807) is 0 Å². The van der Waals surface area contributed by atoms with E-state index < -0.39 is 0 Å².